The molecule has 3 N–H and O–H groups in total. The Kier molecular flexibility index (Phi) is 7.96. The summed E-state index contributed by atoms with van der Waals surface area (Å²) in [4.78, 5) is 0. The van der Waals surface area contributed by atoms with Crippen molar-refractivity contribution < 1.29 is 0 Å². The Hall–Kier alpha value is -0.0800. The number of hydrogen-bond acceptors (Lipinski definition) is 2. The maximum absolute atomic E-state index is 5.79. The van der Waals surface area contributed by atoms with Crippen LogP contribution in [0.5, 0.6) is 0 Å². The summed E-state index contributed by atoms with van der Waals surface area (Å²) in [6.07, 6.45) is 6.35. The number of nitrogens with two attached hydrogens (primary N) is 1. The third-order valence-corrected chi connectivity index (χ3v) is 1.78. The molecule has 0 bridgehead atoms. The van der Waals surface area contributed by atoms with Gasteiger partial charge < -0.3 is 11.1 Å². The van der Waals surface area contributed by atoms with Crippen LogP contribution in [0.3, 0.4) is 0 Å². The molecule has 2 nitrogen and oxygen atoms in total. The summed E-state index contributed by atoms with van der Waals surface area (Å²) in [6.45, 7) is 5.42. The van der Waals surface area contributed by atoms with Gasteiger partial charge in [-0.25, -0.2) is 0 Å². The third-order valence-electron chi connectivity index (χ3n) is 1.78. The molecule has 0 radical (unpaired) electrons. The molecule has 0 amide bonds. The van der Waals surface area contributed by atoms with E-state index < -0.39 is 0 Å². The fraction of sp³-hybridized carbons (Fsp3) is 1.00. The third kappa shape index (κ3) is 7.82. The van der Waals surface area contributed by atoms with Crippen molar-refractivity contribution in [2.45, 2.75) is 52.1 Å². The highest BCUT2D eigenvalue weighted by atomic mass is 15.0. The first-order valence-corrected chi connectivity index (χ1v) is 4.80. The number of unbranched alkanes of at least 4 members (excludes halogenated alkanes) is 2. The highest BCUT2D eigenvalue weighted by Gasteiger charge is 1.98. The molecule has 0 spiro atoms. The molecule has 0 aliphatic rings. The average molecular weight is 158 g/mol. The zero-order chi connectivity index (χ0) is 8.53. The maximum atomic E-state index is 5.79. The molecule has 2 heteroatoms. The molecule has 0 saturated carbocycles. The lowest BCUT2D eigenvalue weighted by atomic mass is 10.2. The van der Waals surface area contributed by atoms with E-state index in [0.717, 1.165) is 13.0 Å². The van der Waals surface area contributed by atoms with Gasteiger partial charge in [0.1, 0.15) is 0 Å². The Bertz CT molecular complexity index is 74.0. The summed E-state index contributed by atoms with van der Waals surface area (Å²) in [7, 11) is 0. The first-order valence-electron chi connectivity index (χ1n) is 4.80. The summed E-state index contributed by atoms with van der Waals surface area (Å²) >= 11 is 0. The van der Waals surface area contributed by atoms with E-state index in [0.29, 0.717) is 0 Å². The van der Waals surface area contributed by atoms with Crippen molar-refractivity contribution in [3.8, 4) is 0 Å². The lowest BCUT2D eigenvalue weighted by Gasteiger charge is -2.11. The van der Waals surface area contributed by atoms with Gasteiger partial charge >= 0.3 is 0 Å². The van der Waals surface area contributed by atoms with Crippen molar-refractivity contribution >= 4 is 0 Å². The Balaban J connectivity index is 3.02. The molecule has 0 rings (SSSR count). The molecular formula is C9H22N2. The molecule has 0 aliphatic heterocycles. The minimum atomic E-state index is 0.224. The fourth-order valence-electron chi connectivity index (χ4n) is 1.05. The molecule has 0 aromatic carbocycles. The SMILES string of the molecule is CCCCCC(N)NCCC. The van der Waals surface area contributed by atoms with E-state index in [-0.39, 0.29) is 6.17 Å². The summed E-state index contributed by atoms with van der Waals surface area (Å²) in [5.74, 6) is 0. The second kappa shape index (κ2) is 8.02. The van der Waals surface area contributed by atoms with Gasteiger partial charge in [0.25, 0.3) is 0 Å². The van der Waals surface area contributed by atoms with Crippen molar-refractivity contribution in [2.24, 2.45) is 5.73 Å². The van der Waals surface area contributed by atoms with Crippen LogP contribution in [0.1, 0.15) is 46.0 Å². The van der Waals surface area contributed by atoms with Crippen LogP contribution in [0.4, 0.5) is 0 Å². The second-order valence-corrected chi connectivity index (χ2v) is 3.06. The molecule has 68 valence electrons. The molecule has 11 heavy (non-hydrogen) atoms. The monoisotopic (exact) mass is 158 g/mol. The molecule has 1 atom stereocenters. The van der Waals surface area contributed by atoms with E-state index in [1.807, 2.05) is 0 Å². The zero-order valence-electron chi connectivity index (χ0n) is 7.90. The van der Waals surface area contributed by atoms with Crippen molar-refractivity contribution in [3.05, 3.63) is 0 Å². The smallest absolute Gasteiger partial charge is 0.0546 e. The molecule has 0 aromatic rings. The molecule has 0 aromatic heterocycles. The van der Waals surface area contributed by atoms with E-state index in [9.17, 15) is 0 Å². The van der Waals surface area contributed by atoms with Crippen LogP contribution >= 0.6 is 0 Å². The number of nitrogens with one attached hydrogen (secondary N) is 1. The predicted octanol–water partition coefficient (Wildman–Crippen LogP) is 1.85. The van der Waals surface area contributed by atoms with E-state index in [1.165, 1.54) is 25.7 Å². The molecule has 0 heterocycles. The van der Waals surface area contributed by atoms with Crippen molar-refractivity contribution in [2.75, 3.05) is 6.54 Å². The standard InChI is InChI=1S/C9H22N2/c1-3-5-6-7-9(10)11-8-4-2/h9,11H,3-8,10H2,1-2H3. The lowest BCUT2D eigenvalue weighted by molar-refractivity contribution is 0.471. The average Bonchev–Trinajstić information content (AvgIpc) is 2.01. The minimum Gasteiger partial charge on any atom is -0.316 e. The maximum Gasteiger partial charge on any atom is 0.0546 e. The van der Waals surface area contributed by atoms with Crippen molar-refractivity contribution in [1.82, 2.24) is 5.32 Å². The largest absolute Gasteiger partial charge is 0.316 e. The van der Waals surface area contributed by atoms with Crippen LogP contribution in [0.15, 0.2) is 0 Å². The van der Waals surface area contributed by atoms with Crippen LogP contribution in [0.2, 0.25) is 0 Å². The summed E-state index contributed by atoms with van der Waals surface area (Å²) in [5, 5.41) is 3.27. The molecule has 0 fully saturated rings. The number of rotatable bonds is 7. The predicted molar refractivity (Wildman–Crippen MR) is 50.4 cm³/mol. The molecular weight excluding hydrogens is 136 g/mol. The molecule has 1 unspecified atom stereocenters. The zero-order valence-corrected chi connectivity index (χ0v) is 7.90. The highest BCUT2D eigenvalue weighted by Crippen LogP contribution is 1.99. The van der Waals surface area contributed by atoms with Gasteiger partial charge in [0, 0.05) is 0 Å². The van der Waals surface area contributed by atoms with Gasteiger partial charge in [-0.3, -0.25) is 0 Å². The normalized spacial score (nSPS) is 13.4. The van der Waals surface area contributed by atoms with Crippen LogP contribution < -0.4 is 11.1 Å². The van der Waals surface area contributed by atoms with Crippen molar-refractivity contribution in [3.63, 3.8) is 0 Å². The lowest BCUT2D eigenvalue weighted by Crippen LogP contribution is -2.37. The second-order valence-electron chi connectivity index (χ2n) is 3.06. The Morgan fingerprint density at radius 1 is 1.18 bits per heavy atom. The quantitative estimate of drug-likeness (QED) is 0.438. The van der Waals surface area contributed by atoms with Gasteiger partial charge in [0.15, 0.2) is 0 Å². The first kappa shape index (κ1) is 10.9. The summed E-state index contributed by atoms with van der Waals surface area (Å²) in [6, 6.07) is 0. The summed E-state index contributed by atoms with van der Waals surface area (Å²) in [5.41, 5.74) is 5.79. The van der Waals surface area contributed by atoms with E-state index in [1.54, 1.807) is 0 Å². The topological polar surface area (TPSA) is 38.0 Å². The summed E-state index contributed by atoms with van der Waals surface area (Å²) < 4.78 is 0. The van der Waals surface area contributed by atoms with Crippen LogP contribution in [0.25, 0.3) is 0 Å². The van der Waals surface area contributed by atoms with Crippen molar-refractivity contribution in [1.29, 1.82) is 0 Å². The van der Waals surface area contributed by atoms with E-state index in [4.69, 9.17) is 5.73 Å². The van der Waals surface area contributed by atoms with Gasteiger partial charge in [0.05, 0.1) is 6.17 Å². The molecule has 0 aliphatic carbocycles. The van der Waals surface area contributed by atoms with Gasteiger partial charge in [-0.2, -0.15) is 0 Å². The van der Waals surface area contributed by atoms with Crippen LogP contribution in [0, 0.1) is 0 Å². The van der Waals surface area contributed by atoms with Gasteiger partial charge in [0.2, 0.25) is 0 Å². The fourth-order valence-corrected chi connectivity index (χ4v) is 1.05. The first-order chi connectivity index (χ1) is 5.31. The Morgan fingerprint density at radius 3 is 2.45 bits per heavy atom. The van der Waals surface area contributed by atoms with Crippen LogP contribution in [-0.2, 0) is 0 Å². The minimum absolute atomic E-state index is 0.224. The van der Waals surface area contributed by atoms with Gasteiger partial charge in [-0.05, 0) is 19.4 Å². The van der Waals surface area contributed by atoms with E-state index >= 15 is 0 Å². The molecule has 0 saturated heterocycles. The van der Waals surface area contributed by atoms with Gasteiger partial charge in [-0.15, -0.1) is 0 Å². The number of hydrogen-bond donors (Lipinski definition) is 2. The highest BCUT2D eigenvalue weighted by molar-refractivity contribution is 4.57. The van der Waals surface area contributed by atoms with E-state index in [2.05, 4.69) is 19.2 Å². The Morgan fingerprint density at radius 2 is 1.91 bits per heavy atom. The Labute approximate surface area is 70.5 Å². The van der Waals surface area contributed by atoms with Crippen LogP contribution in [-0.4, -0.2) is 12.7 Å². The van der Waals surface area contributed by atoms with Gasteiger partial charge in [-0.1, -0.05) is 33.1 Å².